The van der Waals surface area contributed by atoms with Gasteiger partial charge in [0.1, 0.15) is 5.60 Å². The Kier molecular flexibility index (Phi) is 3.34. The minimum Gasteiger partial charge on any atom is -0.444 e. The van der Waals surface area contributed by atoms with Crippen LogP contribution in [0.3, 0.4) is 0 Å². The van der Waals surface area contributed by atoms with Gasteiger partial charge < -0.3 is 15.4 Å². The second-order valence-corrected chi connectivity index (χ2v) is 6.33. The Balaban J connectivity index is 1.87. The van der Waals surface area contributed by atoms with E-state index in [9.17, 15) is 4.79 Å². The molecule has 2 N–H and O–H groups in total. The van der Waals surface area contributed by atoms with Gasteiger partial charge in [-0.3, -0.25) is 0 Å². The van der Waals surface area contributed by atoms with E-state index in [4.69, 9.17) is 4.74 Å². The monoisotopic (exact) mass is 240 g/mol. The number of carbonyl (C=O) groups excluding carboxylic acids is 1. The number of alkyl carbamates (subject to hydrolysis) is 1. The van der Waals surface area contributed by atoms with E-state index in [1.165, 1.54) is 12.8 Å². The van der Waals surface area contributed by atoms with E-state index >= 15 is 0 Å². The molecule has 2 rings (SSSR count). The Morgan fingerprint density at radius 2 is 2.12 bits per heavy atom. The number of ether oxygens (including phenoxy) is 1. The van der Waals surface area contributed by atoms with Gasteiger partial charge in [0.25, 0.3) is 0 Å². The summed E-state index contributed by atoms with van der Waals surface area (Å²) in [6, 6.07) is 0. The Bertz CT molecular complexity index is 286. The van der Waals surface area contributed by atoms with Crippen molar-refractivity contribution in [2.75, 3.05) is 13.1 Å². The minimum atomic E-state index is -0.412. The van der Waals surface area contributed by atoms with Crippen LogP contribution in [-0.2, 0) is 4.74 Å². The van der Waals surface area contributed by atoms with E-state index in [0.717, 1.165) is 25.9 Å². The topological polar surface area (TPSA) is 50.4 Å². The normalized spacial score (nSPS) is 27.4. The van der Waals surface area contributed by atoms with Gasteiger partial charge in [0.2, 0.25) is 0 Å². The fourth-order valence-electron chi connectivity index (χ4n) is 2.60. The molecule has 1 aliphatic heterocycles. The van der Waals surface area contributed by atoms with Gasteiger partial charge in [0.05, 0.1) is 0 Å². The first kappa shape index (κ1) is 12.7. The number of hydrogen-bond acceptors (Lipinski definition) is 3. The van der Waals surface area contributed by atoms with Crippen molar-refractivity contribution in [2.24, 2.45) is 5.92 Å². The maximum Gasteiger partial charge on any atom is 0.408 e. The van der Waals surface area contributed by atoms with Crippen LogP contribution in [0.5, 0.6) is 0 Å². The van der Waals surface area contributed by atoms with Gasteiger partial charge in [0, 0.05) is 12.1 Å². The van der Waals surface area contributed by atoms with Crippen molar-refractivity contribution < 1.29 is 9.53 Å². The van der Waals surface area contributed by atoms with Gasteiger partial charge >= 0.3 is 6.09 Å². The molecule has 1 saturated heterocycles. The van der Waals surface area contributed by atoms with E-state index in [-0.39, 0.29) is 11.6 Å². The maximum atomic E-state index is 11.8. The molecule has 17 heavy (non-hydrogen) atoms. The molecule has 0 bridgehead atoms. The predicted molar refractivity (Wildman–Crippen MR) is 66.9 cm³/mol. The molecule has 4 heteroatoms. The lowest BCUT2D eigenvalue weighted by Crippen LogP contribution is -2.49. The van der Waals surface area contributed by atoms with Crippen molar-refractivity contribution in [3.05, 3.63) is 0 Å². The fourth-order valence-corrected chi connectivity index (χ4v) is 2.60. The molecule has 1 saturated carbocycles. The van der Waals surface area contributed by atoms with Crippen LogP contribution in [0, 0.1) is 5.92 Å². The molecule has 1 heterocycles. The van der Waals surface area contributed by atoms with Crippen LogP contribution in [-0.4, -0.2) is 30.3 Å². The molecule has 1 amide bonds. The molecule has 98 valence electrons. The van der Waals surface area contributed by atoms with Crippen LogP contribution in [0.4, 0.5) is 4.79 Å². The highest BCUT2D eigenvalue weighted by molar-refractivity contribution is 5.69. The largest absolute Gasteiger partial charge is 0.444 e. The number of nitrogens with one attached hydrogen (secondary N) is 2. The molecule has 1 unspecified atom stereocenters. The van der Waals surface area contributed by atoms with Crippen molar-refractivity contribution in [1.82, 2.24) is 10.6 Å². The molecule has 4 nitrogen and oxygen atoms in total. The fraction of sp³-hybridized carbons (Fsp3) is 0.923. The van der Waals surface area contributed by atoms with E-state index < -0.39 is 5.60 Å². The second-order valence-electron chi connectivity index (χ2n) is 6.33. The van der Waals surface area contributed by atoms with Crippen LogP contribution >= 0.6 is 0 Å². The molecule has 0 spiro atoms. The highest BCUT2D eigenvalue weighted by atomic mass is 16.6. The van der Waals surface area contributed by atoms with Crippen LogP contribution < -0.4 is 10.6 Å². The van der Waals surface area contributed by atoms with Crippen LogP contribution in [0.2, 0.25) is 0 Å². The zero-order valence-electron chi connectivity index (χ0n) is 11.1. The maximum absolute atomic E-state index is 11.8. The van der Waals surface area contributed by atoms with Gasteiger partial charge in [-0.05, 0) is 58.9 Å². The average molecular weight is 240 g/mol. The summed E-state index contributed by atoms with van der Waals surface area (Å²) in [5, 5.41) is 6.50. The molecule has 0 radical (unpaired) electrons. The molecule has 1 atom stereocenters. The Labute approximate surface area is 103 Å². The molecule has 2 fully saturated rings. The molecule has 1 aliphatic carbocycles. The number of amides is 1. The first-order valence-electron chi connectivity index (χ1n) is 6.63. The summed E-state index contributed by atoms with van der Waals surface area (Å²) >= 11 is 0. The van der Waals surface area contributed by atoms with Crippen molar-refractivity contribution in [2.45, 2.75) is 57.6 Å². The summed E-state index contributed by atoms with van der Waals surface area (Å²) < 4.78 is 5.33. The lowest BCUT2D eigenvalue weighted by molar-refractivity contribution is 0.0467. The van der Waals surface area contributed by atoms with Crippen LogP contribution in [0.15, 0.2) is 0 Å². The van der Waals surface area contributed by atoms with Gasteiger partial charge in [-0.25, -0.2) is 4.79 Å². The molecule has 0 aromatic rings. The molecule has 2 aliphatic rings. The lowest BCUT2D eigenvalue weighted by Gasteiger charge is -2.32. The standard InChI is InChI=1S/C13H24N2O2/c1-12(2,3)17-11(16)15-13(6-7-13)10-5-4-8-14-9-10/h10,14H,4-9H2,1-3H3,(H,15,16). The number of hydrogen-bond donors (Lipinski definition) is 2. The number of rotatable bonds is 2. The second kappa shape index (κ2) is 4.48. The Morgan fingerprint density at radius 1 is 1.41 bits per heavy atom. The highest BCUT2D eigenvalue weighted by Crippen LogP contribution is 2.45. The summed E-state index contributed by atoms with van der Waals surface area (Å²) in [5.74, 6) is 0.573. The van der Waals surface area contributed by atoms with Crippen molar-refractivity contribution in [3.8, 4) is 0 Å². The summed E-state index contributed by atoms with van der Waals surface area (Å²) in [6.45, 7) is 7.83. The first-order valence-corrected chi connectivity index (χ1v) is 6.63. The lowest BCUT2D eigenvalue weighted by atomic mass is 9.89. The minimum absolute atomic E-state index is 0.0236. The van der Waals surface area contributed by atoms with E-state index in [2.05, 4.69) is 10.6 Å². The van der Waals surface area contributed by atoms with Crippen LogP contribution in [0.1, 0.15) is 46.5 Å². The smallest absolute Gasteiger partial charge is 0.408 e. The summed E-state index contributed by atoms with van der Waals surface area (Å²) in [7, 11) is 0. The van der Waals surface area contributed by atoms with Gasteiger partial charge in [-0.15, -0.1) is 0 Å². The quantitative estimate of drug-likeness (QED) is 0.776. The zero-order chi connectivity index (χ0) is 12.5. The molecule has 0 aromatic heterocycles. The van der Waals surface area contributed by atoms with E-state index in [0.29, 0.717) is 5.92 Å². The SMILES string of the molecule is CC(C)(C)OC(=O)NC1(C2CCCNC2)CC1. The predicted octanol–water partition coefficient (Wildman–Crippen LogP) is 2.04. The van der Waals surface area contributed by atoms with Crippen molar-refractivity contribution >= 4 is 6.09 Å². The van der Waals surface area contributed by atoms with Gasteiger partial charge in [-0.1, -0.05) is 0 Å². The van der Waals surface area contributed by atoms with Crippen molar-refractivity contribution in [1.29, 1.82) is 0 Å². The van der Waals surface area contributed by atoms with E-state index in [1.807, 2.05) is 20.8 Å². The Hall–Kier alpha value is -0.770. The first-order chi connectivity index (χ1) is 7.91. The molecule has 0 aromatic carbocycles. The number of piperidine rings is 1. The number of carbonyl (C=O) groups is 1. The third-order valence-electron chi connectivity index (χ3n) is 3.62. The van der Waals surface area contributed by atoms with Gasteiger partial charge in [-0.2, -0.15) is 0 Å². The molecular formula is C13H24N2O2. The third kappa shape index (κ3) is 3.35. The highest BCUT2D eigenvalue weighted by Gasteiger charge is 2.51. The summed E-state index contributed by atoms with van der Waals surface area (Å²) in [5.41, 5.74) is -0.388. The average Bonchev–Trinajstić information content (AvgIpc) is 2.97. The van der Waals surface area contributed by atoms with Gasteiger partial charge in [0.15, 0.2) is 0 Å². The van der Waals surface area contributed by atoms with E-state index in [1.54, 1.807) is 0 Å². The third-order valence-corrected chi connectivity index (χ3v) is 3.62. The summed E-state index contributed by atoms with van der Waals surface area (Å²) in [4.78, 5) is 11.8. The zero-order valence-corrected chi connectivity index (χ0v) is 11.1. The van der Waals surface area contributed by atoms with Crippen LogP contribution in [0.25, 0.3) is 0 Å². The molecular weight excluding hydrogens is 216 g/mol. The van der Waals surface area contributed by atoms with Crippen molar-refractivity contribution in [3.63, 3.8) is 0 Å². The summed E-state index contributed by atoms with van der Waals surface area (Å²) in [6.07, 6.45) is 4.35. The Morgan fingerprint density at radius 3 is 2.59 bits per heavy atom.